The zero-order valence-electron chi connectivity index (χ0n) is 18.7. The second-order valence-corrected chi connectivity index (χ2v) is 11.9. The van der Waals surface area contributed by atoms with Crippen LogP contribution in [0, 0.1) is 10.7 Å². The Kier molecular flexibility index (Phi) is 5.90. The minimum absolute atomic E-state index is 0.0423. The van der Waals surface area contributed by atoms with Crippen LogP contribution in [-0.4, -0.2) is 20.9 Å². The van der Waals surface area contributed by atoms with Crippen molar-refractivity contribution in [2.75, 3.05) is 5.75 Å². The van der Waals surface area contributed by atoms with Crippen molar-refractivity contribution < 1.29 is 18.5 Å². The lowest BCUT2D eigenvalue weighted by atomic mass is 9.72. The number of nitrogens with one attached hydrogen (secondary N) is 1. The lowest BCUT2D eigenvalue weighted by molar-refractivity contribution is -0.116. The maximum atomic E-state index is 13.0. The molecule has 0 spiro atoms. The quantitative estimate of drug-likeness (QED) is 0.592. The van der Waals surface area contributed by atoms with Gasteiger partial charge in [0.05, 0.1) is 17.6 Å². The van der Waals surface area contributed by atoms with Gasteiger partial charge >= 0.3 is 0 Å². The summed E-state index contributed by atoms with van der Waals surface area (Å²) in [6.07, 6.45) is 8.47. The van der Waals surface area contributed by atoms with Crippen LogP contribution >= 0.6 is 0 Å². The molecule has 1 fully saturated rings. The number of benzene rings is 1. The fourth-order valence-electron chi connectivity index (χ4n) is 4.95. The van der Waals surface area contributed by atoms with E-state index in [1.165, 1.54) is 48.3 Å². The Morgan fingerprint density at radius 3 is 2.65 bits per heavy atom. The van der Waals surface area contributed by atoms with Crippen LogP contribution in [-0.2, 0) is 39.4 Å². The van der Waals surface area contributed by atoms with E-state index in [-0.39, 0.29) is 23.0 Å². The summed E-state index contributed by atoms with van der Waals surface area (Å²) in [5, 5.41) is 10.1. The van der Waals surface area contributed by atoms with Gasteiger partial charge in [-0.3, -0.25) is 4.79 Å². The van der Waals surface area contributed by atoms with Crippen LogP contribution in [0.15, 0.2) is 34.0 Å². The topological polar surface area (TPSA) is 91.4 Å². The molecule has 0 amide bonds. The molecular weight excluding hydrogens is 410 g/mol. The number of furan rings is 1. The molecule has 4 rings (SSSR count). The van der Waals surface area contributed by atoms with Gasteiger partial charge in [0.25, 0.3) is 0 Å². The number of hydrogen-bond donors (Lipinski definition) is 2. The number of carbonyl (C=O) groups excluding carboxylic acids is 1. The molecule has 2 N–H and O–H groups in total. The molecule has 6 heteroatoms. The summed E-state index contributed by atoms with van der Waals surface area (Å²) in [7, 11) is -3.40. The van der Waals surface area contributed by atoms with Gasteiger partial charge in [-0.2, -0.15) is 0 Å². The van der Waals surface area contributed by atoms with E-state index in [4.69, 9.17) is 9.20 Å². The zero-order valence-corrected chi connectivity index (χ0v) is 19.5. The van der Waals surface area contributed by atoms with Crippen LogP contribution in [0.2, 0.25) is 0 Å². The maximum Gasteiger partial charge on any atom is 0.199 e. The predicted octanol–water partition coefficient (Wildman–Crippen LogP) is 5.12. The lowest BCUT2D eigenvalue weighted by Crippen LogP contribution is -2.22. The molecule has 0 radical (unpaired) electrons. The number of hydrogen-bond acceptors (Lipinski definition) is 5. The first-order valence-electron chi connectivity index (χ1n) is 11.3. The van der Waals surface area contributed by atoms with E-state index in [0.29, 0.717) is 17.4 Å². The van der Waals surface area contributed by atoms with E-state index in [1.807, 2.05) is 0 Å². The molecule has 5 nitrogen and oxygen atoms in total. The van der Waals surface area contributed by atoms with Crippen molar-refractivity contribution in [2.45, 2.75) is 82.3 Å². The second-order valence-electron chi connectivity index (χ2n) is 9.85. The van der Waals surface area contributed by atoms with Crippen LogP contribution in [0.5, 0.6) is 0 Å². The molecule has 1 aromatic carbocycles. The molecule has 2 aliphatic rings. The van der Waals surface area contributed by atoms with Gasteiger partial charge in [-0.15, -0.1) is 0 Å². The van der Waals surface area contributed by atoms with Gasteiger partial charge < -0.3 is 9.52 Å². The number of ketones is 1. The molecule has 2 aromatic rings. The van der Waals surface area contributed by atoms with Crippen molar-refractivity contribution in [1.29, 1.82) is 4.78 Å². The Labute approximate surface area is 185 Å². The molecule has 0 bridgehead atoms. The maximum absolute atomic E-state index is 13.0. The SMILES string of the molecule is C[C@@H](c1ccc2c(c1CC(=O)C[S@](=N)(=O)c1cc(C(C)(C)O)co1)CCC2)C1CCC1. The molecule has 31 heavy (non-hydrogen) atoms. The summed E-state index contributed by atoms with van der Waals surface area (Å²) in [5.74, 6) is 0.537. The lowest BCUT2D eigenvalue weighted by Gasteiger charge is -2.33. The predicted molar refractivity (Wildman–Crippen MR) is 121 cm³/mol. The second kappa shape index (κ2) is 8.21. The smallest absolute Gasteiger partial charge is 0.199 e. The van der Waals surface area contributed by atoms with E-state index in [2.05, 4.69) is 19.1 Å². The fraction of sp³-hybridized carbons (Fsp3) is 0.560. The highest BCUT2D eigenvalue weighted by Gasteiger charge is 2.30. The highest BCUT2D eigenvalue weighted by Crippen LogP contribution is 2.42. The van der Waals surface area contributed by atoms with Crippen LogP contribution in [0.25, 0.3) is 0 Å². The van der Waals surface area contributed by atoms with Gasteiger partial charge in [0, 0.05) is 18.1 Å². The van der Waals surface area contributed by atoms with Crippen molar-refractivity contribution in [1.82, 2.24) is 0 Å². The Bertz CT molecular complexity index is 1090. The largest absolute Gasteiger partial charge is 0.454 e. The fourth-order valence-corrected chi connectivity index (χ4v) is 6.16. The molecule has 2 atom stereocenters. The third-order valence-electron chi connectivity index (χ3n) is 7.13. The molecular formula is C25H33NO4S. The monoisotopic (exact) mass is 443 g/mol. The number of aliphatic hydroxyl groups is 1. The van der Waals surface area contributed by atoms with Crippen LogP contribution in [0.3, 0.4) is 0 Å². The minimum atomic E-state index is -3.40. The van der Waals surface area contributed by atoms with Gasteiger partial charge in [-0.25, -0.2) is 8.99 Å². The molecule has 0 aliphatic heterocycles. The highest BCUT2D eigenvalue weighted by molar-refractivity contribution is 7.93. The summed E-state index contributed by atoms with van der Waals surface area (Å²) in [6, 6.07) is 5.87. The first kappa shape index (κ1) is 22.3. The number of carbonyl (C=O) groups is 1. The summed E-state index contributed by atoms with van der Waals surface area (Å²) < 4.78 is 26.6. The van der Waals surface area contributed by atoms with Gasteiger partial charge in [-0.1, -0.05) is 25.5 Å². The standard InChI is InChI=1S/C25H33NO4S/c1-16(17-6-4-7-17)21-11-10-18-8-5-9-22(18)23(21)13-20(27)15-31(26,29)24-12-19(14-30-24)25(2,3)28/h10-12,14,16-17,26,28H,4-9,13,15H2,1-3H3/t16-,31+/m1/s1. The van der Waals surface area contributed by atoms with E-state index in [1.54, 1.807) is 13.8 Å². The zero-order chi connectivity index (χ0) is 22.4. The number of aryl methyl sites for hydroxylation is 1. The first-order valence-corrected chi connectivity index (χ1v) is 13.0. The summed E-state index contributed by atoms with van der Waals surface area (Å²) in [6.45, 7) is 5.46. The van der Waals surface area contributed by atoms with E-state index in [0.717, 1.165) is 24.8 Å². The van der Waals surface area contributed by atoms with Crippen LogP contribution in [0.1, 0.15) is 80.2 Å². The van der Waals surface area contributed by atoms with Gasteiger partial charge in [0.2, 0.25) is 0 Å². The van der Waals surface area contributed by atoms with E-state index in [9.17, 15) is 14.1 Å². The minimum Gasteiger partial charge on any atom is -0.454 e. The van der Waals surface area contributed by atoms with Crippen molar-refractivity contribution in [2.24, 2.45) is 5.92 Å². The van der Waals surface area contributed by atoms with Crippen molar-refractivity contribution in [3.05, 3.63) is 52.3 Å². The third-order valence-corrected chi connectivity index (χ3v) is 8.72. The first-order chi connectivity index (χ1) is 14.6. The van der Waals surface area contributed by atoms with E-state index < -0.39 is 15.3 Å². The van der Waals surface area contributed by atoms with Gasteiger partial charge in [0.15, 0.2) is 10.9 Å². The Hall–Kier alpha value is -1.92. The Balaban J connectivity index is 1.57. The average molecular weight is 444 g/mol. The average Bonchev–Trinajstić information content (AvgIpc) is 3.29. The van der Waals surface area contributed by atoms with Crippen molar-refractivity contribution in [3.8, 4) is 0 Å². The van der Waals surface area contributed by atoms with Gasteiger partial charge in [-0.05, 0) is 80.0 Å². The Morgan fingerprint density at radius 2 is 2.03 bits per heavy atom. The molecule has 0 saturated heterocycles. The third kappa shape index (κ3) is 4.51. The molecule has 168 valence electrons. The summed E-state index contributed by atoms with van der Waals surface area (Å²) >= 11 is 0. The number of rotatable bonds is 8. The van der Waals surface area contributed by atoms with Crippen LogP contribution in [0.4, 0.5) is 0 Å². The van der Waals surface area contributed by atoms with E-state index >= 15 is 0 Å². The number of fused-ring (bicyclic) bond motifs is 1. The number of Topliss-reactive ketones (excluding diaryl/α,β-unsaturated/α-hetero) is 1. The van der Waals surface area contributed by atoms with Gasteiger partial charge in [0.1, 0.15) is 9.73 Å². The van der Waals surface area contributed by atoms with Crippen LogP contribution < -0.4 is 0 Å². The molecule has 0 unspecified atom stereocenters. The molecule has 1 aromatic heterocycles. The van der Waals surface area contributed by atoms with Crippen molar-refractivity contribution in [3.63, 3.8) is 0 Å². The normalized spacial score (nSPS) is 19.5. The summed E-state index contributed by atoms with van der Waals surface area (Å²) in [4.78, 5) is 13.0. The molecule has 1 saturated carbocycles. The highest BCUT2D eigenvalue weighted by atomic mass is 32.2. The Morgan fingerprint density at radius 1 is 1.29 bits per heavy atom. The summed E-state index contributed by atoms with van der Waals surface area (Å²) in [5.41, 5.74) is 4.31. The molecule has 2 aliphatic carbocycles. The molecule has 1 heterocycles. The van der Waals surface area contributed by atoms with Crippen molar-refractivity contribution >= 4 is 15.5 Å².